The lowest BCUT2D eigenvalue weighted by Gasteiger charge is -2.00. The van der Waals surface area contributed by atoms with Crippen LogP contribution in [0.5, 0.6) is 0 Å². The summed E-state index contributed by atoms with van der Waals surface area (Å²) in [7, 11) is 0. The van der Waals surface area contributed by atoms with Crippen LogP contribution >= 0.6 is 11.6 Å². The van der Waals surface area contributed by atoms with E-state index in [1.807, 2.05) is 18.2 Å². The minimum absolute atomic E-state index is 0.156. The molecule has 0 unspecified atom stereocenters. The molecule has 1 rings (SSSR count). The molecule has 0 aliphatic heterocycles. The first-order valence-electron chi connectivity index (χ1n) is 4.63. The zero-order valence-corrected chi connectivity index (χ0v) is 9.20. The first-order chi connectivity index (χ1) is 7.16. The number of alkyl halides is 1. The molecule has 1 aromatic rings. The van der Waals surface area contributed by atoms with Crippen LogP contribution in [-0.4, -0.2) is 10.8 Å². The van der Waals surface area contributed by atoms with Gasteiger partial charge in [0.1, 0.15) is 0 Å². The van der Waals surface area contributed by atoms with Crippen molar-refractivity contribution in [2.24, 2.45) is 0 Å². The number of halogens is 1. The molecule has 0 saturated heterocycles. The average Bonchev–Trinajstić information content (AvgIpc) is 2.20. The van der Waals surface area contributed by atoms with Gasteiger partial charge in [-0.25, -0.2) is 0 Å². The summed E-state index contributed by atoms with van der Waals surface area (Å²) in [6.07, 6.45) is 4.55. The molecular weight excluding hydrogens is 214 g/mol. The molecule has 0 bridgehead atoms. The third-order valence-corrected chi connectivity index (χ3v) is 2.34. The zero-order chi connectivity index (χ0) is 11.3. The van der Waals surface area contributed by atoms with Gasteiger partial charge in [0.15, 0.2) is 0 Å². The highest BCUT2D eigenvalue weighted by Crippen LogP contribution is 2.21. The Morgan fingerprint density at radius 1 is 1.53 bits per heavy atom. The van der Waals surface area contributed by atoms with Gasteiger partial charge in [0.2, 0.25) is 0 Å². The highest BCUT2D eigenvalue weighted by atomic mass is 35.5. The Bertz CT molecular complexity index is 388. The van der Waals surface area contributed by atoms with E-state index in [2.05, 4.69) is 0 Å². The van der Waals surface area contributed by atoms with Crippen molar-refractivity contribution in [1.82, 2.24) is 0 Å². The fraction of sp³-hybridized carbons (Fsp3) is 0.273. The Labute approximate surface area is 93.5 Å². The molecule has 0 fully saturated rings. The normalized spacial score (nSPS) is 10.8. The van der Waals surface area contributed by atoms with Crippen LogP contribution in [0.15, 0.2) is 24.3 Å². The Hall–Kier alpha value is -1.35. The molecule has 0 heterocycles. The summed E-state index contributed by atoms with van der Waals surface area (Å²) < 4.78 is 0. The number of nitro benzene ring substituents is 1. The lowest BCUT2D eigenvalue weighted by atomic mass is 10.1. The number of nitro groups is 1. The van der Waals surface area contributed by atoms with E-state index < -0.39 is 0 Å². The molecule has 0 amide bonds. The second-order valence-corrected chi connectivity index (χ2v) is 3.51. The molecule has 0 saturated carbocycles. The summed E-state index contributed by atoms with van der Waals surface area (Å²) in [6.45, 7) is 1.75. The minimum Gasteiger partial charge on any atom is -0.258 e. The van der Waals surface area contributed by atoms with Crippen LogP contribution in [0.4, 0.5) is 5.69 Å². The second-order valence-electron chi connectivity index (χ2n) is 3.13. The highest BCUT2D eigenvalue weighted by molar-refractivity contribution is 6.17. The van der Waals surface area contributed by atoms with Gasteiger partial charge in [0.25, 0.3) is 5.69 Å². The number of rotatable bonds is 4. The SMILES string of the molecule is Cc1c(C=CCCCl)cccc1[N+](=O)[O-]. The summed E-state index contributed by atoms with van der Waals surface area (Å²) in [5.74, 6) is 0.560. The fourth-order valence-electron chi connectivity index (χ4n) is 1.29. The van der Waals surface area contributed by atoms with Crippen molar-refractivity contribution in [1.29, 1.82) is 0 Å². The highest BCUT2D eigenvalue weighted by Gasteiger charge is 2.10. The van der Waals surface area contributed by atoms with Crippen molar-refractivity contribution in [3.63, 3.8) is 0 Å². The molecule has 1 aromatic carbocycles. The van der Waals surface area contributed by atoms with Crippen molar-refractivity contribution < 1.29 is 4.92 Å². The maximum atomic E-state index is 10.7. The predicted molar refractivity (Wildman–Crippen MR) is 62.2 cm³/mol. The molecule has 0 radical (unpaired) electrons. The van der Waals surface area contributed by atoms with Crippen LogP contribution < -0.4 is 0 Å². The smallest absolute Gasteiger partial charge is 0.258 e. The van der Waals surface area contributed by atoms with Crippen molar-refractivity contribution in [3.8, 4) is 0 Å². The number of hydrogen-bond donors (Lipinski definition) is 0. The van der Waals surface area contributed by atoms with E-state index >= 15 is 0 Å². The van der Waals surface area contributed by atoms with E-state index in [-0.39, 0.29) is 10.6 Å². The first kappa shape index (κ1) is 11.7. The molecule has 3 nitrogen and oxygen atoms in total. The standard InChI is InChI=1S/C11H12ClNO2/c1-9-10(5-2-3-8-12)6-4-7-11(9)13(14)15/h2,4-7H,3,8H2,1H3. The quantitative estimate of drug-likeness (QED) is 0.447. The molecule has 80 valence electrons. The molecule has 4 heteroatoms. The number of benzene rings is 1. The van der Waals surface area contributed by atoms with Crippen LogP contribution in [0.1, 0.15) is 17.5 Å². The Kier molecular flexibility index (Phi) is 4.31. The summed E-state index contributed by atoms with van der Waals surface area (Å²) in [4.78, 5) is 10.3. The molecule has 0 aromatic heterocycles. The summed E-state index contributed by atoms with van der Waals surface area (Å²) in [5, 5.41) is 10.7. The van der Waals surface area contributed by atoms with Gasteiger partial charge < -0.3 is 0 Å². The van der Waals surface area contributed by atoms with Crippen molar-refractivity contribution in [3.05, 3.63) is 45.5 Å². The Balaban J connectivity index is 2.99. The molecule has 0 spiro atoms. The van der Waals surface area contributed by atoms with Crippen LogP contribution in [0.2, 0.25) is 0 Å². The van der Waals surface area contributed by atoms with Crippen LogP contribution in [0.3, 0.4) is 0 Å². The van der Waals surface area contributed by atoms with E-state index in [4.69, 9.17) is 11.6 Å². The number of allylic oxidation sites excluding steroid dienone is 1. The average molecular weight is 226 g/mol. The molecule has 0 aliphatic rings. The largest absolute Gasteiger partial charge is 0.272 e. The van der Waals surface area contributed by atoms with Gasteiger partial charge in [0.05, 0.1) is 4.92 Å². The van der Waals surface area contributed by atoms with Gasteiger partial charge in [-0.15, -0.1) is 11.6 Å². The van der Waals surface area contributed by atoms with Gasteiger partial charge >= 0.3 is 0 Å². The molecular formula is C11H12ClNO2. The monoisotopic (exact) mass is 225 g/mol. The topological polar surface area (TPSA) is 43.1 Å². The third kappa shape index (κ3) is 3.06. The molecule has 0 aliphatic carbocycles. The van der Waals surface area contributed by atoms with E-state index in [0.29, 0.717) is 11.4 Å². The maximum absolute atomic E-state index is 10.7. The number of hydrogen-bond acceptors (Lipinski definition) is 2. The van der Waals surface area contributed by atoms with Gasteiger partial charge in [-0.3, -0.25) is 10.1 Å². The van der Waals surface area contributed by atoms with Crippen LogP contribution in [0.25, 0.3) is 6.08 Å². The summed E-state index contributed by atoms with van der Waals surface area (Å²) >= 11 is 5.53. The van der Waals surface area contributed by atoms with E-state index in [0.717, 1.165) is 12.0 Å². The maximum Gasteiger partial charge on any atom is 0.272 e. The Morgan fingerprint density at radius 3 is 2.87 bits per heavy atom. The van der Waals surface area contributed by atoms with Gasteiger partial charge in [-0.2, -0.15) is 0 Å². The van der Waals surface area contributed by atoms with Crippen LogP contribution in [-0.2, 0) is 0 Å². The van der Waals surface area contributed by atoms with E-state index in [1.165, 1.54) is 6.07 Å². The van der Waals surface area contributed by atoms with Gasteiger partial charge in [-0.1, -0.05) is 24.3 Å². The van der Waals surface area contributed by atoms with Crippen LogP contribution in [0, 0.1) is 17.0 Å². The van der Waals surface area contributed by atoms with E-state index in [1.54, 1.807) is 13.0 Å². The molecule has 15 heavy (non-hydrogen) atoms. The Morgan fingerprint density at radius 2 is 2.27 bits per heavy atom. The lowest BCUT2D eigenvalue weighted by Crippen LogP contribution is -1.93. The fourth-order valence-corrected chi connectivity index (χ4v) is 1.42. The lowest BCUT2D eigenvalue weighted by molar-refractivity contribution is -0.385. The summed E-state index contributed by atoms with van der Waals surface area (Å²) in [6, 6.07) is 5.05. The minimum atomic E-state index is -0.367. The summed E-state index contributed by atoms with van der Waals surface area (Å²) in [5.41, 5.74) is 1.71. The predicted octanol–water partition coefficient (Wildman–Crippen LogP) is 3.55. The molecule has 0 atom stereocenters. The van der Waals surface area contributed by atoms with E-state index in [9.17, 15) is 10.1 Å². The van der Waals surface area contributed by atoms with Crippen molar-refractivity contribution in [2.45, 2.75) is 13.3 Å². The zero-order valence-electron chi connectivity index (χ0n) is 8.44. The van der Waals surface area contributed by atoms with Crippen molar-refractivity contribution >= 4 is 23.4 Å². The molecule has 0 N–H and O–H groups in total. The van der Waals surface area contributed by atoms with Gasteiger partial charge in [-0.05, 0) is 18.9 Å². The second kappa shape index (κ2) is 5.51. The van der Waals surface area contributed by atoms with Gasteiger partial charge in [0, 0.05) is 17.5 Å². The third-order valence-electron chi connectivity index (χ3n) is 2.12. The first-order valence-corrected chi connectivity index (χ1v) is 5.16. The number of nitrogens with zero attached hydrogens (tertiary/aromatic N) is 1. The van der Waals surface area contributed by atoms with Crippen molar-refractivity contribution in [2.75, 3.05) is 5.88 Å².